The van der Waals surface area contributed by atoms with Crippen molar-refractivity contribution in [2.75, 3.05) is 0 Å². The third-order valence-electron chi connectivity index (χ3n) is 2.53. The van der Waals surface area contributed by atoms with E-state index in [0.717, 1.165) is 21.5 Å². The van der Waals surface area contributed by atoms with Gasteiger partial charge in [0.2, 0.25) is 0 Å². The Morgan fingerprint density at radius 1 is 1.35 bits per heavy atom. The highest BCUT2D eigenvalue weighted by Crippen LogP contribution is 2.36. The number of pyridine rings is 1. The summed E-state index contributed by atoms with van der Waals surface area (Å²) in [6.45, 7) is 0. The SMILES string of the molecule is O=C(O)c1sc2ncccc2c1-c1ccc[nH]1. The molecule has 3 aromatic rings. The molecule has 3 heterocycles. The Bertz CT molecular complexity index is 686. The molecule has 0 bridgehead atoms. The molecule has 4 nitrogen and oxygen atoms in total. The van der Waals surface area contributed by atoms with Crippen LogP contribution in [0.2, 0.25) is 0 Å². The first-order chi connectivity index (χ1) is 8.27. The number of aromatic carboxylic acids is 1. The Morgan fingerprint density at radius 2 is 2.24 bits per heavy atom. The average Bonchev–Trinajstić information content (AvgIpc) is 2.94. The second-order valence-corrected chi connectivity index (χ2v) is 4.55. The lowest BCUT2D eigenvalue weighted by Crippen LogP contribution is -1.94. The van der Waals surface area contributed by atoms with Gasteiger partial charge in [0.15, 0.2) is 0 Å². The van der Waals surface area contributed by atoms with Gasteiger partial charge >= 0.3 is 5.97 Å². The van der Waals surface area contributed by atoms with Crippen molar-refractivity contribution < 1.29 is 9.90 Å². The molecule has 0 unspecified atom stereocenters. The number of rotatable bonds is 2. The Labute approximate surface area is 101 Å². The highest BCUT2D eigenvalue weighted by atomic mass is 32.1. The van der Waals surface area contributed by atoms with Gasteiger partial charge in [0.25, 0.3) is 0 Å². The number of nitrogens with one attached hydrogen (secondary N) is 1. The summed E-state index contributed by atoms with van der Waals surface area (Å²) in [5.41, 5.74) is 1.53. The highest BCUT2D eigenvalue weighted by Gasteiger charge is 2.19. The van der Waals surface area contributed by atoms with E-state index in [1.807, 2.05) is 24.3 Å². The molecule has 0 aliphatic heterocycles. The molecule has 0 aromatic carbocycles. The van der Waals surface area contributed by atoms with Gasteiger partial charge in [0, 0.05) is 29.0 Å². The molecule has 0 saturated carbocycles. The van der Waals surface area contributed by atoms with Gasteiger partial charge in [0.05, 0.1) is 0 Å². The normalized spacial score (nSPS) is 10.8. The fourth-order valence-corrected chi connectivity index (χ4v) is 2.83. The van der Waals surface area contributed by atoms with Crippen molar-refractivity contribution in [1.29, 1.82) is 0 Å². The zero-order valence-corrected chi connectivity index (χ0v) is 9.49. The third kappa shape index (κ3) is 1.52. The van der Waals surface area contributed by atoms with Crippen molar-refractivity contribution in [1.82, 2.24) is 9.97 Å². The summed E-state index contributed by atoms with van der Waals surface area (Å²) in [4.78, 5) is 19.6. The summed E-state index contributed by atoms with van der Waals surface area (Å²) >= 11 is 1.20. The summed E-state index contributed by atoms with van der Waals surface area (Å²) in [6.07, 6.45) is 3.45. The molecule has 17 heavy (non-hydrogen) atoms. The van der Waals surface area contributed by atoms with E-state index in [1.54, 1.807) is 12.4 Å². The summed E-state index contributed by atoms with van der Waals surface area (Å²) in [5, 5.41) is 10.1. The maximum atomic E-state index is 11.3. The van der Waals surface area contributed by atoms with Crippen molar-refractivity contribution in [3.8, 4) is 11.3 Å². The molecule has 0 saturated heterocycles. The van der Waals surface area contributed by atoms with Crippen LogP contribution in [0.25, 0.3) is 21.5 Å². The van der Waals surface area contributed by atoms with Crippen LogP contribution in [0.3, 0.4) is 0 Å². The van der Waals surface area contributed by atoms with Gasteiger partial charge in [-0.15, -0.1) is 11.3 Å². The molecular formula is C12H8N2O2S. The van der Waals surface area contributed by atoms with Gasteiger partial charge < -0.3 is 10.1 Å². The number of fused-ring (bicyclic) bond motifs is 1. The molecule has 0 fully saturated rings. The van der Waals surface area contributed by atoms with Crippen LogP contribution < -0.4 is 0 Å². The van der Waals surface area contributed by atoms with Gasteiger partial charge in [-0.2, -0.15) is 0 Å². The summed E-state index contributed by atoms with van der Waals surface area (Å²) in [6, 6.07) is 7.41. The molecule has 0 atom stereocenters. The number of carboxylic acid groups (broad SMARTS) is 1. The Kier molecular flexibility index (Phi) is 2.19. The monoisotopic (exact) mass is 244 g/mol. The van der Waals surface area contributed by atoms with E-state index in [0.29, 0.717) is 4.88 Å². The lowest BCUT2D eigenvalue weighted by molar-refractivity contribution is 0.0703. The van der Waals surface area contributed by atoms with E-state index < -0.39 is 5.97 Å². The maximum Gasteiger partial charge on any atom is 0.346 e. The first-order valence-corrected chi connectivity index (χ1v) is 5.83. The van der Waals surface area contributed by atoms with Crippen LogP contribution in [0.15, 0.2) is 36.7 Å². The van der Waals surface area contributed by atoms with E-state index in [1.165, 1.54) is 11.3 Å². The molecule has 0 radical (unpaired) electrons. The molecular weight excluding hydrogens is 236 g/mol. The molecule has 84 valence electrons. The van der Waals surface area contributed by atoms with Gasteiger partial charge in [-0.3, -0.25) is 0 Å². The molecule has 0 amide bonds. The number of nitrogens with zero attached hydrogens (tertiary/aromatic N) is 1. The van der Waals surface area contributed by atoms with Crippen LogP contribution in [0.5, 0.6) is 0 Å². The molecule has 0 spiro atoms. The Morgan fingerprint density at radius 3 is 2.94 bits per heavy atom. The molecule has 5 heteroatoms. The fourth-order valence-electron chi connectivity index (χ4n) is 1.84. The minimum Gasteiger partial charge on any atom is -0.477 e. The van der Waals surface area contributed by atoms with E-state index in [2.05, 4.69) is 9.97 Å². The minimum atomic E-state index is -0.919. The molecule has 0 aliphatic carbocycles. The van der Waals surface area contributed by atoms with Crippen molar-refractivity contribution in [3.05, 3.63) is 41.5 Å². The van der Waals surface area contributed by atoms with E-state index >= 15 is 0 Å². The predicted octanol–water partition coefficient (Wildman–Crippen LogP) is 2.99. The Balaban J connectivity index is 2.40. The predicted molar refractivity (Wildman–Crippen MR) is 66.4 cm³/mol. The summed E-state index contributed by atoms with van der Waals surface area (Å²) in [7, 11) is 0. The highest BCUT2D eigenvalue weighted by molar-refractivity contribution is 7.21. The fraction of sp³-hybridized carbons (Fsp3) is 0. The van der Waals surface area contributed by atoms with Gasteiger partial charge in [-0.05, 0) is 24.3 Å². The molecule has 3 rings (SSSR count). The number of aromatic amines is 1. The van der Waals surface area contributed by atoms with Crippen molar-refractivity contribution in [3.63, 3.8) is 0 Å². The minimum absolute atomic E-state index is 0.321. The van der Waals surface area contributed by atoms with Crippen molar-refractivity contribution in [2.24, 2.45) is 0 Å². The first kappa shape index (κ1) is 10.0. The summed E-state index contributed by atoms with van der Waals surface area (Å²) < 4.78 is 0. The average molecular weight is 244 g/mol. The van der Waals surface area contributed by atoms with Crippen LogP contribution in [0.4, 0.5) is 0 Å². The first-order valence-electron chi connectivity index (χ1n) is 5.02. The van der Waals surface area contributed by atoms with E-state index in [-0.39, 0.29) is 0 Å². The van der Waals surface area contributed by atoms with Crippen LogP contribution >= 0.6 is 11.3 Å². The number of carbonyl (C=O) groups is 1. The number of hydrogen-bond acceptors (Lipinski definition) is 3. The summed E-state index contributed by atoms with van der Waals surface area (Å²) in [5.74, 6) is -0.919. The lowest BCUT2D eigenvalue weighted by atomic mass is 10.1. The number of H-pyrrole nitrogens is 1. The molecule has 2 N–H and O–H groups in total. The van der Waals surface area contributed by atoms with Gasteiger partial charge in [-0.25, -0.2) is 9.78 Å². The van der Waals surface area contributed by atoms with E-state index in [4.69, 9.17) is 0 Å². The Hall–Kier alpha value is -2.14. The molecule has 3 aromatic heterocycles. The third-order valence-corrected chi connectivity index (χ3v) is 3.63. The van der Waals surface area contributed by atoms with Crippen molar-refractivity contribution in [2.45, 2.75) is 0 Å². The zero-order chi connectivity index (χ0) is 11.8. The standard InChI is InChI=1S/C12H8N2O2S/c15-12(16)10-9(8-4-2-5-13-8)7-3-1-6-14-11(7)17-10/h1-6,13H,(H,15,16). The van der Waals surface area contributed by atoms with Crippen LogP contribution in [0, 0.1) is 0 Å². The molecule has 0 aliphatic rings. The van der Waals surface area contributed by atoms with Gasteiger partial charge in [-0.1, -0.05) is 0 Å². The maximum absolute atomic E-state index is 11.3. The van der Waals surface area contributed by atoms with Crippen LogP contribution in [-0.4, -0.2) is 21.0 Å². The number of hydrogen-bond donors (Lipinski definition) is 2. The van der Waals surface area contributed by atoms with E-state index in [9.17, 15) is 9.90 Å². The largest absolute Gasteiger partial charge is 0.477 e. The number of carboxylic acids is 1. The zero-order valence-electron chi connectivity index (χ0n) is 8.68. The quantitative estimate of drug-likeness (QED) is 0.728. The number of thiophene rings is 1. The second kappa shape index (κ2) is 3.71. The van der Waals surface area contributed by atoms with Crippen LogP contribution in [-0.2, 0) is 0 Å². The smallest absolute Gasteiger partial charge is 0.346 e. The lowest BCUT2D eigenvalue weighted by Gasteiger charge is -1.98. The van der Waals surface area contributed by atoms with Gasteiger partial charge in [0.1, 0.15) is 9.71 Å². The van der Waals surface area contributed by atoms with Crippen molar-refractivity contribution >= 4 is 27.5 Å². The number of aromatic nitrogens is 2. The topological polar surface area (TPSA) is 66.0 Å². The second-order valence-electron chi connectivity index (χ2n) is 3.55. The van der Waals surface area contributed by atoms with Crippen LogP contribution in [0.1, 0.15) is 9.67 Å².